The van der Waals surface area contributed by atoms with E-state index in [-0.39, 0.29) is 0 Å². The number of rotatable bonds is 4. The summed E-state index contributed by atoms with van der Waals surface area (Å²) in [6.07, 6.45) is 0. The molecular weight excluding hydrogens is 619 g/mol. The second-order valence-electron chi connectivity index (χ2n) is 11.4. The number of aromatic amines is 1. The lowest BCUT2D eigenvalue weighted by Crippen LogP contribution is -1.99. The Morgan fingerprint density at radius 1 is 0.532 bits per heavy atom. The fourth-order valence-electron chi connectivity index (χ4n) is 6.58. The van der Waals surface area contributed by atoms with Gasteiger partial charge in [-0.15, -0.1) is 5.10 Å². The van der Waals surface area contributed by atoms with Crippen molar-refractivity contribution in [3.8, 4) is 44.3 Å². The molecule has 0 saturated heterocycles. The van der Waals surface area contributed by atoms with Gasteiger partial charge in [0.25, 0.3) is 0 Å². The van der Waals surface area contributed by atoms with Crippen LogP contribution < -0.4 is 0 Å². The molecule has 0 aliphatic carbocycles. The number of hydrogen-bond donors (Lipinski definition) is 1. The van der Waals surface area contributed by atoms with Crippen molar-refractivity contribution >= 4 is 76.8 Å². The van der Waals surface area contributed by atoms with Gasteiger partial charge in [0.15, 0.2) is 0 Å². The second-order valence-corrected chi connectivity index (χ2v) is 12.9. The largest absolute Gasteiger partial charge is 0.258 e. The minimum absolute atomic E-state index is 0.753. The Morgan fingerprint density at radius 3 is 2.28 bits per heavy atom. The Balaban J connectivity index is 1.42. The molecule has 0 saturated carbocycles. The summed E-state index contributed by atoms with van der Waals surface area (Å²) < 4.78 is 11.1. The van der Waals surface area contributed by atoms with Crippen LogP contribution in [0, 0.1) is 0 Å². The van der Waals surface area contributed by atoms with E-state index >= 15 is 0 Å². The molecule has 220 valence electrons. The SMILES string of the molecule is c1ccc2nc(-c3nc(-c4cccc5[nH]nnc45)c(-c4snc5ccccc45)c4c(-c5nsc6ccccc56)cccc34)ccc2c1. The molecule has 7 nitrogen and oxygen atoms in total. The Bertz CT molecular complexity index is 2830. The van der Waals surface area contributed by atoms with E-state index in [2.05, 4.69) is 100 Å². The van der Waals surface area contributed by atoms with Crippen molar-refractivity contribution in [2.75, 3.05) is 0 Å². The monoisotopic (exact) mass is 639 g/mol. The van der Waals surface area contributed by atoms with Crippen molar-refractivity contribution in [3.05, 3.63) is 121 Å². The molecule has 10 aromatic rings. The van der Waals surface area contributed by atoms with Gasteiger partial charge >= 0.3 is 0 Å². The first kappa shape index (κ1) is 26.3. The molecule has 47 heavy (non-hydrogen) atoms. The molecule has 10 rings (SSSR count). The predicted molar refractivity (Wildman–Crippen MR) is 193 cm³/mol. The van der Waals surface area contributed by atoms with Crippen molar-refractivity contribution in [3.63, 3.8) is 0 Å². The van der Waals surface area contributed by atoms with Crippen LogP contribution in [-0.4, -0.2) is 34.1 Å². The van der Waals surface area contributed by atoms with Gasteiger partial charge in [0.05, 0.1) is 48.9 Å². The molecule has 0 amide bonds. The number of fused-ring (bicyclic) bond motifs is 5. The first-order valence-electron chi connectivity index (χ1n) is 15.1. The van der Waals surface area contributed by atoms with Gasteiger partial charge < -0.3 is 0 Å². The van der Waals surface area contributed by atoms with Gasteiger partial charge in [-0.1, -0.05) is 96.2 Å². The van der Waals surface area contributed by atoms with E-state index in [0.29, 0.717) is 0 Å². The maximum atomic E-state index is 5.54. The molecule has 0 aliphatic rings. The topological polar surface area (TPSA) is 93.1 Å². The first-order chi connectivity index (χ1) is 23.3. The van der Waals surface area contributed by atoms with E-state index in [1.54, 1.807) is 0 Å². The van der Waals surface area contributed by atoms with Crippen molar-refractivity contribution in [1.29, 1.82) is 0 Å². The standard InChI is InChI=1S/C38H21N7S2/c1-4-15-27-21(9-1)19-20-29(39-27)35-25-13-7-12-24(34-23-11-3-6-18-31(23)46-44-34)32(25)33(38-22-10-2-5-16-28(22)43-47-38)37(40-35)26-14-8-17-30-36(26)42-45-41-30/h1-20H,(H,41,42,45). The summed E-state index contributed by atoms with van der Waals surface area (Å²) in [5.74, 6) is 0. The highest BCUT2D eigenvalue weighted by molar-refractivity contribution is 7.13. The van der Waals surface area contributed by atoms with Gasteiger partial charge in [0.1, 0.15) is 5.52 Å². The van der Waals surface area contributed by atoms with E-state index in [1.165, 1.54) is 23.1 Å². The van der Waals surface area contributed by atoms with Gasteiger partial charge in [0.2, 0.25) is 0 Å². The molecule has 0 radical (unpaired) electrons. The van der Waals surface area contributed by atoms with Crippen LogP contribution in [0.2, 0.25) is 0 Å². The van der Waals surface area contributed by atoms with E-state index in [1.807, 2.05) is 36.4 Å². The van der Waals surface area contributed by atoms with Crippen molar-refractivity contribution in [2.24, 2.45) is 0 Å². The van der Waals surface area contributed by atoms with Gasteiger partial charge in [-0.05, 0) is 53.4 Å². The average molecular weight is 640 g/mol. The number of para-hydroxylation sites is 1. The predicted octanol–water partition coefficient (Wildman–Crippen LogP) is 9.94. The fourth-order valence-corrected chi connectivity index (χ4v) is 8.28. The third kappa shape index (κ3) is 4.04. The number of benzene rings is 5. The highest BCUT2D eigenvalue weighted by Gasteiger charge is 2.26. The van der Waals surface area contributed by atoms with Crippen LogP contribution in [0.5, 0.6) is 0 Å². The van der Waals surface area contributed by atoms with Gasteiger partial charge in [0, 0.05) is 43.6 Å². The summed E-state index contributed by atoms with van der Waals surface area (Å²) >= 11 is 3.01. The lowest BCUT2D eigenvalue weighted by atomic mass is 9.90. The summed E-state index contributed by atoms with van der Waals surface area (Å²) in [4.78, 5) is 11.7. The quantitative estimate of drug-likeness (QED) is 0.206. The number of hydrogen-bond acceptors (Lipinski definition) is 8. The van der Waals surface area contributed by atoms with Crippen LogP contribution in [0.3, 0.4) is 0 Å². The highest BCUT2D eigenvalue weighted by Crippen LogP contribution is 2.49. The van der Waals surface area contributed by atoms with Crippen LogP contribution in [0.15, 0.2) is 121 Å². The fraction of sp³-hybridized carbons (Fsp3) is 0. The average Bonchev–Trinajstić information content (AvgIpc) is 3.89. The molecule has 0 spiro atoms. The van der Waals surface area contributed by atoms with Crippen molar-refractivity contribution < 1.29 is 0 Å². The Hall–Kier alpha value is -5.90. The second kappa shape index (κ2) is 10.3. The molecular formula is C38H21N7S2. The number of pyridine rings is 2. The molecule has 0 fully saturated rings. The van der Waals surface area contributed by atoms with E-state index in [9.17, 15) is 0 Å². The zero-order valence-corrected chi connectivity index (χ0v) is 26.2. The molecule has 5 aromatic carbocycles. The van der Waals surface area contributed by atoms with Crippen LogP contribution >= 0.6 is 23.1 Å². The first-order valence-corrected chi connectivity index (χ1v) is 16.7. The minimum Gasteiger partial charge on any atom is -0.258 e. The molecule has 5 heterocycles. The van der Waals surface area contributed by atoms with Crippen molar-refractivity contribution in [2.45, 2.75) is 0 Å². The molecule has 1 N–H and O–H groups in total. The molecule has 0 atom stereocenters. The minimum atomic E-state index is 0.753. The van der Waals surface area contributed by atoms with E-state index < -0.39 is 0 Å². The van der Waals surface area contributed by atoms with E-state index in [0.717, 1.165) is 98.0 Å². The normalized spacial score (nSPS) is 11.8. The molecule has 0 aliphatic heterocycles. The third-order valence-corrected chi connectivity index (χ3v) is 10.4. The van der Waals surface area contributed by atoms with Crippen LogP contribution in [0.4, 0.5) is 0 Å². The maximum absolute atomic E-state index is 5.54. The van der Waals surface area contributed by atoms with Crippen LogP contribution in [0.1, 0.15) is 0 Å². The highest BCUT2D eigenvalue weighted by atomic mass is 32.1. The lowest BCUT2D eigenvalue weighted by Gasteiger charge is -2.18. The van der Waals surface area contributed by atoms with E-state index in [4.69, 9.17) is 18.7 Å². The van der Waals surface area contributed by atoms with Gasteiger partial charge in [-0.2, -0.15) is 8.75 Å². The van der Waals surface area contributed by atoms with Crippen LogP contribution in [-0.2, 0) is 0 Å². The summed E-state index contributed by atoms with van der Waals surface area (Å²) in [7, 11) is 0. The number of H-pyrrole nitrogens is 1. The summed E-state index contributed by atoms with van der Waals surface area (Å²) in [5, 5.41) is 17.1. The van der Waals surface area contributed by atoms with Gasteiger partial charge in [-0.3, -0.25) is 5.10 Å². The zero-order chi connectivity index (χ0) is 30.9. The van der Waals surface area contributed by atoms with Gasteiger partial charge in [-0.25, -0.2) is 9.97 Å². The number of nitrogens with one attached hydrogen (secondary N) is 1. The van der Waals surface area contributed by atoms with Crippen molar-refractivity contribution in [1.82, 2.24) is 34.1 Å². The molecule has 5 aromatic heterocycles. The molecule has 0 bridgehead atoms. The number of nitrogens with zero attached hydrogens (tertiary/aromatic N) is 6. The Kier molecular flexibility index (Phi) is 5.78. The Morgan fingerprint density at radius 2 is 1.32 bits per heavy atom. The summed E-state index contributed by atoms with van der Waals surface area (Å²) in [6, 6.07) is 41.6. The third-order valence-electron chi connectivity index (χ3n) is 8.73. The van der Waals surface area contributed by atoms with Crippen LogP contribution in [0.25, 0.3) is 98.0 Å². The summed E-state index contributed by atoms with van der Waals surface area (Å²) in [5.41, 5.74) is 9.69. The summed E-state index contributed by atoms with van der Waals surface area (Å²) in [6.45, 7) is 0. The molecule has 9 heteroatoms. The Labute approximate surface area is 275 Å². The lowest BCUT2D eigenvalue weighted by molar-refractivity contribution is 0.959. The zero-order valence-electron chi connectivity index (χ0n) is 24.5. The smallest absolute Gasteiger partial charge is 0.122 e. The maximum Gasteiger partial charge on any atom is 0.122 e. The molecule has 0 unspecified atom stereocenters. The number of aromatic nitrogens is 7.